The van der Waals surface area contributed by atoms with Crippen molar-refractivity contribution >= 4 is 15.9 Å². The quantitative estimate of drug-likeness (QED) is 0.483. The predicted molar refractivity (Wildman–Crippen MR) is 97.9 cm³/mol. The van der Waals surface area contributed by atoms with Crippen LogP contribution in [-0.2, 0) is 6.42 Å². The summed E-state index contributed by atoms with van der Waals surface area (Å²) < 4.78 is 1.26. The van der Waals surface area contributed by atoms with Crippen LogP contribution in [0.15, 0.2) is 28.7 Å². The van der Waals surface area contributed by atoms with Crippen LogP contribution in [0.3, 0.4) is 0 Å². The van der Waals surface area contributed by atoms with Gasteiger partial charge >= 0.3 is 0 Å². The number of unbranched alkanes of at least 4 members (excludes halogenated alkanes) is 4. The topological polar surface area (TPSA) is 12.0 Å². The molecule has 0 bridgehead atoms. The Morgan fingerprint density at radius 3 is 2.43 bits per heavy atom. The summed E-state index contributed by atoms with van der Waals surface area (Å²) in [7, 11) is 0. The summed E-state index contributed by atoms with van der Waals surface area (Å²) in [6, 6.07) is 9.23. The zero-order valence-electron chi connectivity index (χ0n) is 14.0. The highest BCUT2D eigenvalue weighted by Crippen LogP contribution is 2.22. The van der Waals surface area contributed by atoms with Gasteiger partial charge in [0.1, 0.15) is 0 Å². The molecule has 1 rings (SSSR count). The van der Waals surface area contributed by atoms with E-state index in [2.05, 4.69) is 66.3 Å². The highest BCUT2D eigenvalue weighted by atomic mass is 79.9. The van der Waals surface area contributed by atoms with Gasteiger partial charge in [0.05, 0.1) is 0 Å². The Bertz CT molecular complexity index is 376. The predicted octanol–water partition coefficient (Wildman–Crippen LogP) is 5.97. The van der Waals surface area contributed by atoms with Gasteiger partial charge < -0.3 is 5.32 Å². The minimum absolute atomic E-state index is 0.576. The highest BCUT2D eigenvalue weighted by Gasteiger charge is 2.12. The first-order valence-corrected chi connectivity index (χ1v) is 9.39. The van der Waals surface area contributed by atoms with Crippen molar-refractivity contribution in [2.45, 2.75) is 71.8 Å². The Kier molecular flexibility index (Phi) is 10.0. The van der Waals surface area contributed by atoms with Crippen molar-refractivity contribution in [3.05, 3.63) is 34.3 Å². The maximum Gasteiger partial charge on any atom is 0.0207 e. The molecule has 0 aliphatic carbocycles. The first kappa shape index (κ1) is 18.7. The van der Waals surface area contributed by atoms with Gasteiger partial charge in [-0.2, -0.15) is 0 Å². The zero-order chi connectivity index (χ0) is 15.5. The molecule has 2 heteroatoms. The van der Waals surface area contributed by atoms with Crippen molar-refractivity contribution in [1.29, 1.82) is 0 Å². The van der Waals surface area contributed by atoms with Crippen LogP contribution >= 0.6 is 15.9 Å². The fourth-order valence-corrected chi connectivity index (χ4v) is 3.14. The second kappa shape index (κ2) is 11.3. The molecule has 0 aliphatic heterocycles. The van der Waals surface area contributed by atoms with Gasteiger partial charge in [0.25, 0.3) is 0 Å². The Labute approximate surface area is 140 Å². The monoisotopic (exact) mass is 353 g/mol. The molecule has 0 saturated heterocycles. The van der Waals surface area contributed by atoms with Crippen LogP contribution in [0.2, 0.25) is 0 Å². The van der Waals surface area contributed by atoms with E-state index in [4.69, 9.17) is 0 Å². The van der Waals surface area contributed by atoms with Crippen LogP contribution in [0.5, 0.6) is 0 Å². The Morgan fingerprint density at radius 1 is 1.05 bits per heavy atom. The molecule has 0 heterocycles. The number of rotatable bonds is 11. The number of benzene rings is 1. The first-order valence-electron chi connectivity index (χ1n) is 8.60. The minimum atomic E-state index is 0.576. The lowest BCUT2D eigenvalue weighted by Crippen LogP contribution is -2.30. The van der Waals surface area contributed by atoms with Crippen molar-refractivity contribution in [3.63, 3.8) is 0 Å². The summed E-state index contributed by atoms with van der Waals surface area (Å²) in [5.41, 5.74) is 1.45. The second-order valence-corrected chi connectivity index (χ2v) is 7.28. The molecule has 0 aromatic heterocycles. The molecule has 0 radical (unpaired) electrons. The molecule has 0 fully saturated rings. The van der Waals surface area contributed by atoms with Gasteiger partial charge in [0.15, 0.2) is 0 Å². The van der Waals surface area contributed by atoms with Gasteiger partial charge in [-0.15, -0.1) is 0 Å². The van der Waals surface area contributed by atoms with Gasteiger partial charge in [-0.3, -0.25) is 0 Å². The van der Waals surface area contributed by atoms with Gasteiger partial charge in [-0.1, -0.05) is 87.0 Å². The van der Waals surface area contributed by atoms with Crippen LogP contribution in [0, 0.1) is 5.92 Å². The van der Waals surface area contributed by atoms with Crippen LogP contribution in [-0.4, -0.2) is 12.6 Å². The van der Waals surface area contributed by atoms with Gasteiger partial charge in [0, 0.05) is 10.5 Å². The van der Waals surface area contributed by atoms with E-state index in [1.54, 1.807) is 0 Å². The minimum Gasteiger partial charge on any atom is -0.314 e. The van der Waals surface area contributed by atoms with E-state index < -0.39 is 0 Å². The zero-order valence-corrected chi connectivity index (χ0v) is 15.6. The summed E-state index contributed by atoms with van der Waals surface area (Å²) in [4.78, 5) is 0. The standard InChI is InChI=1S/C19H32BrN/c1-4-5-6-7-8-11-17(15-21-16(2)3)14-18-12-9-10-13-19(18)20/h9-10,12-13,16-17,21H,4-8,11,14-15H2,1-3H3. The van der Waals surface area contributed by atoms with E-state index in [9.17, 15) is 0 Å². The molecule has 1 aromatic carbocycles. The third-order valence-corrected chi connectivity index (χ3v) is 4.77. The lowest BCUT2D eigenvalue weighted by Gasteiger charge is -2.20. The molecule has 1 aromatic rings. The summed E-state index contributed by atoms with van der Waals surface area (Å²) in [6.45, 7) is 7.88. The molecule has 0 saturated carbocycles. The molecule has 120 valence electrons. The van der Waals surface area contributed by atoms with Gasteiger partial charge in [0.2, 0.25) is 0 Å². The van der Waals surface area contributed by atoms with Crippen LogP contribution < -0.4 is 5.32 Å². The van der Waals surface area contributed by atoms with Crippen molar-refractivity contribution in [2.75, 3.05) is 6.54 Å². The lowest BCUT2D eigenvalue weighted by molar-refractivity contribution is 0.403. The van der Waals surface area contributed by atoms with E-state index >= 15 is 0 Å². The fraction of sp³-hybridized carbons (Fsp3) is 0.684. The van der Waals surface area contributed by atoms with Gasteiger partial charge in [-0.05, 0) is 36.9 Å². The molecule has 1 nitrogen and oxygen atoms in total. The van der Waals surface area contributed by atoms with Crippen molar-refractivity contribution < 1.29 is 0 Å². The summed E-state index contributed by atoms with van der Waals surface area (Å²) in [5, 5.41) is 3.62. The number of hydrogen-bond donors (Lipinski definition) is 1. The summed E-state index contributed by atoms with van der Waals surface area (Å²) in [6.07, 6.45) is 9.39. The average Bonchev–Trinajstić information content (AvgIpc) is 2.46. The molecular weight excluding hydrogens is 322 g/mol. The van der Waals surface area contributed by atoms with E-state index in [0.29, 0.717) is 6.04 Å². The average molecular weight is 354 g/mol. The molecule has 0 aliphatic rings. The third-order valence-electron chi connectivity index (χ3n) is 4.00. The number of nitrogens with one attached hydrogen (secondary N) is 1. The summed E-state index contributed by atoms with van der Waals surface area (Å²) >= 11 is 3.69. The smallest absolute Gasteiger partial charge is 0.0207 e. The first-order chi connectivity index (χ1) is 10.1. The van der Waals surface area contributed by atoms with Gasteiger partial charge in [-0.25, -0.2) is 0 Å². The van der Waals surface area contributed by atoms with Crippen LogP contribution in [0.25, 0.3) is 0 Å². The SMILES string of the molecule is CCCCCCCC(CNC(C)C)Cc1ccccc1Br. The molecule has 0 amide bonds. The van der Waals surface area contributed by atoms with E-state index in [1.165, 1.54) is 55.0 Å². The Balaban J connectivity index is 2.45. The molecular formula is C19H32BrN. The highest BCUT2D eigenvalue weighted by molar-refractivity contribution is 9.10. The van der Waals surface area contributed by atoms with Crippen LogP contribution in [0.1, 0.15) is 64.9 Å². The maximum absolute atomic E-state index is 3.69. The van der Waals surface area contributed by atoms with Crippen molar-refractivity contribution in [3.8, 4) is 0 Å². The van der Waals surface area contributed by atoms with E-state index in [0.717, 1.165) is 12.5 Å². The summed E-state index contributed by atoms with van der Waals surface area (Å²) in [5.74, 6) is 0.743. The molecule has 1 N–H and O–H groups in total. The Morgan fingerprint density at radius 2 is 1.76 bits per heavy atom. The van der Waals surface area contributed by atoms with E-state index in [-0.39, 0.29) is 0 Å². The fourth-order valence-electron chi connectivity index (χ4n) is 2.69. The third kappa shape index (κ3) is 8.63. The largest absolute Gasteiger partial charge is 0.314 e. The number of hydrogen-bond acceptors (Lipinski definition) is 1. The van der Waals surface area contributed by atoms with E-state index in [1.807, 2.05) is 0 Å². The van der Waals surface area contributed by atoms with Crippen LogP contribution in [0.4, 0.5) is 0 Å². The molecule has 21 heavy (non-hydrogen) atoms. The lowest BCUT2D eigenvalue weighted by atomic mass is 9.93. The normalized spacial score (nSPS) is 12.8. The van der Waals surface area contributed by atoms with Crippen molar-refractivity contribution in [1.82, 2.24) is 5.32 Å². The second-order valence-electron chi connectivity index (χ2n) is 6.43. The number of halogens is 1. The van der Waals surface area contributed by atoms with Crippen molar-refractivity contribution in [2.24, 2.45) is 5.92 Å². The molecule has 0 spiro atoms. The maximum atomic E-state index is 3.69. The molecule has 1 unspecified atom stereocenters. The molecule has 1 atom stereocenters. The Hall–Kier alpha value is -0.340.